The van der Waals surface area contributed by atoms with Crippen LogP contribution in [0.3, 0.4) is 0 Å². The molecule has 1 aromatic carbocycles. The maximum Gasteiger partial charge on any atom is 0.306 e. The van der Waals surface area contributed by atoms with Crippen LogP contribution in [-0.4, -0.2) is 42.4 Å². The first kappa shape index (κ1) is 17.6. The number of hydrogen-bond acceptors (Lipinski definition) is 5. The van der Waals surface area contributed by atoms with Crippen LogP contribution in [0, 0.1) is 0 Å². The second kappa shape index (κ2) is 8.78. The Hall–Kier alpha value is -2.41. The van der Waals surface area contributed by atoms with Gasteiger partial charge in [-0.1, -0.05) is 30.3 Å². The zero-order valence-electron chi connectivity index (χ0n) is 12.5. The van der Waals surface area contributed by atoms with Crippen LogP contribution in [0.15, 0.2) is 30.3 Å². The van der Waals surface area contributed by atoms with Gasteiger partial charge >= 0.3 is 5.97 Å². The van der Waals surface area contributed by atoms with Crippen molar-refractivity contribution in [1.29, 1.82) is 0 Å². The van der Waals surface area contributed by atoms with Crippen molar-refractivity contribution in [3.8, 4) is 0 Å². The monoisotopic (exact) mass is 308 g/mol. The number of carboxylic acids is 1. The lowest BCUT2D eigenvalue weighted by Gasteiger charge is -2.19. The number of hydrogen-bond donors (Lipinski definition) is 1. The number of nitrogens with zero attached hydrogens (tertiary/aromatic N) is 1. The van der Waals surface area contributed by atoms with Gasteiger partial charge in [0.25, 0.3) is 5.91 Å². The molecule has 7 heteroatoms. The van der Waals surface area contributed by atoms with Crippen molar-refractivity contribution in [3.05, 3.63) is 35.9 Å². The quantitative estimate of drug-likeness (QED) is 0.577. The number of benzene rings is 1. The molecule has 3 N–H and O–H groups in total. The lowest BCUT2D eigenvalue weighted by atomic mass is 10.1. The highest BCUT2D eigenvalue weighted by Gasteiger charge is 2.22. The molecule has 120 valence electrons. The van der Waals surface area contributed by atoms with Gasteiger partial charge in [-0.25, -0.2) is 0 Å². The third-order valence-electron chi connectivity index (χ3n) is 3.03. The van der Waals surface area contributed by atoms with Crippen LogP contribution in [0.4, 0.5) is 0 Å². The zero-order chi connectivity index (χ0) is 16.5. The largest absolute Gasteiger partial charge is 0.548 e. The second-order valence-electron chi connectivity index (χ2n) is 4.95. The molecule has 0 aliphatic carbocycles. The minimum absolute atomic E-state index is 0.0475. The molecule has 0 bridgehead atoms. The van der Waals surface area contributed by atoms with E-state index in [0.717, 1.165) is 10.5 Å². The predicted molar refractivity (Wildman–Crippen MR) is 74.8 cm³/mol. The molecular formula is C15H20N2O5. The van der Waals surface area contributed by atoms with E-state index in [9.17, 15) is 19.5 Å². The highest BCUT2D eigenvalue weighted by atomic mass is 16.5. The van der Waals surface area contributed by atoms with Gasteiger partial charge in [-0.15, -0.1) is 0 Å². The van der Waals surface area contributed by atoms with Gasteiger partial charge in [0.05, 0.1) is 18.9 Å². The topological polar surface area (TPSA) is 114 Å². The van der Waals surface area contributed by atoms with Crippen molar-refractivity contribution in [2.24, 2.45) is 0 Å². The van der Waals surface area contributed by atoms with E-state index in [1.165, 1.54) is 7.05 Å². The summed E-state index contributed by atoms with van der Waals surface area (Å²) in [6.45, 7) is -0.316. The van der Waals surface area contributed by atoms with Crippen LogP contribution < -0.4 is 10.8 Å². The summed E-state index contributed by atoms with van der Waals surface area (Å²) in [5.41, 5.74) is 4.53. The Morgan fingerprint density at radius 3 is 2.50 bits per heavy atom. The van der Waals surface area contributed by atoms with Crippen molar-refractivity contribution in [2.75, 3.05) is 13.6 Å². The summed E-state index contributed by atoms with van der Waals surface area (Å²) in [6.07, 6.45) is 0.246. The molecule has 0 unspecified atom stereocenters. The van der Waals surface area contributed by atoms with Gasteiger partial charge in [0.15, 0.2) is 6.04 Å². The molecule has 0 aromatic heterocycles. The minimum Gasteiger partial charge on any atom is -0.548 e. The summed E-state index contributed by atoms with van der Waals surface area (Å²) in [7, 11) is 1.35. The fraction of sp³-hybridized carbons (Fsp3) is 0.400. The first-order valence-corrected chi connectivity index (χ1v) is 6.87. The zero-order valence-corrected chi connectivity index (χ0v) is 12.5. The van der Waals surface area contributed by atoms with Crippen LogP contribution in [0.5, 0.6) is 0 Å². The maximum atomic E-state index is 11.8. The standard InChI is InChI=1S/C15H20N2O5/c1-17(9-13(18)19)15(21)12(16)7-8-14(20)22-10-11-5-3-2-4-6-11/h2-6,12H,7-10,16H2,1H3,(H,18,19)/t12-/m0/s1. The Morgan fingerprint density at radius 1 is 1.27 bits per heavy atom. The number of esters is 1. The highest BCUT2D eigenvalue weighted by molar-refractivity contribution is 5.84. The first-order chi connectivity index (χ1) is 10.4. The van der Waals surface area contributed by atoms with Gasteiger partial charge in [0, 0.05) is 13.5 Å². The molecule has 0 aliphatic rings. The molecule has 1 atom stereocenters. The van der Waals surface area contributed by atoms with E-state index < -0.39 is 30.4 Å². The Kier molecular flexibility index (Phi) is 7.04. The van der Waals surface area contributed by atoms with Gasteiger partial charge < -0.3 is 25.3 Å². The van der Waals surface area contributed by atoms with Gasteiger partial charge in [0.2, 0.25) is 0 Å². The van der Waals surface area contributed by atoms with Gasteiger partial charge in [0.1, 0.15) is 6.61 Å². The number of rotatable bonds is 8. The molecular weight excluding hydrogens is 288 g/mol. The molecule has 0 heterocycles. The van der Waals surface area contributed by atoms with Crippen molar-refractivity contribution in [3.63, 3.8) is 0 Å². The molecule has 1 amide bonds. The summed E-state index contributed by atoms with van der Waals surface area (Å²) >= 11 is 0. The second-order valence-corrected chi connectivity index (χ2v) is 4.95. The number of ether oxygens (including phenoxy) is 1. The number of aliphatic carboxylic acids is 1. The smallest absolute Gasteiger partial charge is 0.306 e. The third kappa shape index (κ3) is 6.36. The van der Waals surface area contributed by atoms with E-state index in [1.54, 1.807) is 0 Å². The van der Waals surface area contributed by atoms with E-state index in [4.69, 9.17) is 4.74 Å². The lowest BCUT2D eigenvalue weighted by molar-refractivity contribution is -0.406. The summed E-state index contributed by atoms with van der Waals surface area (Å²) < 4.78 is 5.09. The molecule has 0 spiro atoms. The molecule has 0 aliphatic heterocycles. The molecule has 1 aromatic rings. The predicted octanol–water partition coefficient (Wildman–Crippen LogP) is -1.67. The van der Waals surface area contributed by atoms with Gasteiger partial charge in [-0.2, -0.15) is 0 Å². The average molecular weight is 308 g/mol. The number of carboxylic acid groups (broad SMARTS) is 1. The third-order valence-corrected chi connectivity index (χ3v) is 3.03. The van der Waals surface area contributed by atoms with Crippen molar-refractivity contribution in [1.82, 2.24) is 4.90 Å². The molecule has 22 heavy (non-hydrogen) atoms. The van der Waals surface area contributed by atoms with Crippen LogP contribution in [0.25, 0.3) is 0 Å². The number of carbonyl (C=O) groups is 3. The number of carbonyl (C=O) groups excluding carboxylic acids is 3. The SMILES string of the molecule is CN(CC(=O)[O-])C(=O)[C@@H]([NH3+])CCC(=O)OCc1ccccc1. The summed E-state index contributed by atoms with van der Waals surface area (Å²) in [5.74, 6) is -2.21. The van der Waals surface area contributed by atoms with Crippen LogP contribution >= 0.6 is 0 Å². The van der Waals surface area contributed by atoms with E-state index in [0.29, 0.717) is 0 Å². The molecule has 0 saturated heterocycles. The number of amides is 1. The van der Waals surface area contributed by atoms with Crippen molar-refractivity contribution >= 4 is 17.8 Å². The molecule has 1 rings (SSSR count). The Balaban J connectivity index is 2.30. The number of likely N-dealkylation sites (N-methyl/N-ethyl adjacent to an activating group) is 1. The van der Waals surface area contributed by atoms with Gasteiger partial charge in [-0.3, -0.25) is 9.59 Å². The summed E-state index contributed by atoms with van der Waals surface area (Å²) in [5, 5.41) is 10.4. The molecule has 7 nitrogen and oxygen atoms in total. The maximum absolute atomic E-state index is 11.8. The van der Waals surface area contributed by atoms with Crippen molar-refractivity contribution < 1.29 is 30.0 Å². The fourth-order valence-electron chi connectivity index (χ4n) is 1.81. The molecule has 0 radical (unpaired) electrons. The number of quaternary nitrogens is 1. The Labute approximate surface area is 128 Å². The van der Waals surface area contributed by atoms with E-state index >= 15 is 0 Å². The molecule has 0 fully saturated rings. The van der Waals surface area contributed by atoms with E-state index in [-0.39, 0.29) is 19.4 Å². The summed E-state index contributed by atoms with van der Waals surface area (Å²) in [6, 6.07) is 8.55. The first-order valence-electron chi connectivity index (χ1n) is 6.87. The Morgan fingerprint density at radius 2 is 1.91 bits per heavy atom. The Bertz CT molecular complexity index is 518. The van der Waals surface area contributed by atoms with Crippen LogP contribution in [-0.2, 0) is 25.7 Å². The van der Waals surface area contributed by atoms with Gasteiger partial charge in [-0.05, 0) is 5.56 Å². The van der Waals surface area contributed by atoms with E-state index in [2.05, 4.69) is 5.73 Å². The van der Waals surface area contributed by atoms with Crippen LogP contribution in [0.1, 0.15) is 18.4 Å². The fourth-order valence-corrected chi connectivity index (χ4v) is 1.81. The molecule has 0 saturated carbocycles. The lowest BCUT2D eigenvalue weighted by Crippen LogP contribution is -2.68. The minimum atomic E-state index is -1.34. The van der Waals surface area contributed by atoms with Crippen LogP contribution in [0.2, 0.25) is 0 Å². The van der Waals surface area contributed by atoms with Crippen molar-refractivity contribution in [2.45, 2.75) is 25.5 Å². The highest BCUT2D eigenvalue weighted by Crippen LogP contribution is 2.04. The average Bonchev–Trinajstić information content (AvgIpc) is 2.50. The van der Waals surface area contributed by atoms with E-state index in [1.807, 2.05) is 30.3 Å². The normalized spacial score (nSPS) is 11.5. The summed E-state index contributed by atoms with van der Waals surface area (Å²) in [4.78, 5) is 34.8.